The van der Waals surface area contributed by atoms with E-state index < -0.39 is 5.41 Å². The number of nitrogens with zero attached hydrogens (tertiary/aromatic N) is 3. The Morgan fingerprint density at radius 2 is 0.721 bits per heavy atom. The molecule has 0 amide bonds. The van der Waals surface area contributed by atoms with Crippen molar-refractivity contribution in [3.05, 3.63) is 264 Å². The van der Waals surface area contributed by atoms with Gasteiger partial charge in [-0.3, -0.25) is 0 Å². The predicted molar refractivity (Wildman–Crippen MR) is 280 cm³/mol. The minimum atomic E-state index is -0.500. The van der Waals surface area contributed by atoms with E-state index >= 15 is 0 Å². The Morgan fingerprint density at radius 1 is 0.338 bits per heavy atom. The molecule has 0 bridgehead atoms. The SMILES string of the molecule is CC1C=C(c2cc(-c3ccccc3)cc(-c3nc(-c4cc(-c5ccccc5)cc(-c5ccccc5)c4)nc(-c4ccc5c(c4)C4(c6ccccc6-c6ccccc64)c4ccccc4-5)n3)c2)C=CC1. The second-order valence-electron chi connectivity index (χ2n) is 18.4. The van der Waals surface area contributed by atoms with Crippen molar-refractivity contribution in [2.24, 2.45) is 5.92 Å². The second kappa shape index (κ2) is 16.1. The van der Waals surface area contributed by atoms with E-state index in [4.69, 9.17) is 15.0 Å². The van der Waals surface area contributed by atoms with Crippen molar-refractivity contribution in [1.29, 1.82) is 0 Å². The van der Waals surface area contributed by atoms with E-state index in [9.17, 15) is 0 Å². The monoisotopic (exact) mass is 867 g/mol. The number of benzene rings is 9. The number of rotatable bonds is 7. The molecule has 1 spiro atoms. The molecule has 1 atom stereocenters. The summed E-state index contributed by atoms with van der Waals surface area (Å²) in [6.45, 7) is 2.28. The smallest absolute Gasteiger partial charge is 0.164 e. The molecule has 0 N–H and O–H groups in total. The average molecular weight is 868 g/mol. The van der Waals surface area contributed by atoms with Gasteiger partial charge in [0.15, 0.2) is 17.5 Å². The van der Waals surface area contributed by atoms with Crippen LogP contribution < -0.4 is 0 Å². The highest BCUT2D eigenvalue weighted by molar-refractivity contribution is 5.96. The Kier molecular flexibility index (Phi) is 9.43. The maximum Gasteiger partial charge on any atom is 0.164 e. The molecular formula is C65H45N3. The lowest BCUT2D eigenvalue weighted by atomic mass is 9.70. The van der Waals surface area contributed by atoms with E-state index in [2.05, 4.69) is 244 Å². The Hall–Kier alpha value is -8.53. The number of hydrogen-bond acceptors (Lipinski definition) is 3. The molecule has 0 aliphatic heterocycles. The molecule has 0 radical (unpaired) electrons. The van der Waals surface area contributed by atoms with Crippen molar-refractivity contribution in [2.45, 2.75) is 18.8 Å². The number of allylic oxidation sites excluding steroid dienone is 4. The van der Waals surface area contributed by atoms with E-state index in [0.717, 1.165) is 62.1 Å². The largest absolute Gasteiger partial charge is 0.208 e. The molecule has 1 unspecified atom stereocenters. The number of aromatic nitrogens is 3. The maximum atomic E-state index is 5.52. The zero-order valence-corrected chi connectivity index (χ0v) is 37.6. The van der Waals surface area contributed by atoms with Crippen molar-refractivity contribution < 1.29 is 0 Å². The summed E-state index contributed by atoms with van der Waals surface area (Å²) in [5.41, 5.74) is 21.6. The Morgan fingerprint density at radius 3 is 1.19 bits per heavy atom. The quantitative estimate of drug-likeness (QED) is 0.160. The van der Waals surface area contributed by atoms with Crippen LogP contribution in [0.15, 0.2) is 237 Å². The van der Waals surface area contributed by atoms with Crippen LogP contribution in [0.5, 0.6) is 0 Å². The van der Waals surface area contributed by atoms with Crippen LogP contribution in [-0.2, 0) is 5.41 Å². The van der Waals surface area contributed by atoms with Gasteiger partial charge in [-0.25, -0.2) is 15.0 Å². The number of fused-ring (bicyclic) bond motifs is 10. The molecule has 0 saturated carbocycles. The van der Waals surface area contributed by atoms with Crippen LogP contribution in [0, 0.1) is 5.92 Å². The minimum Gasteiger partial charge on any atom is -0.208 e. The first kappa shape index (κ1) is 39.8. The summed E-state index contributed by atoms with van der Waals surface area (Å²) >= 11 is 0. The van der Waals surface area contributed by atoms with Gasteiger partial charge in [0.05, 0.1) is 5.41 Å². The molecular weight excluding hydrogens is 823 g/mol. The van der Waals surface area contributed by atoms with Gasteiger partial charge < -0.3 is 0 Å². The first-order valence-corrected chi connectivity index (χ1v) is 23.6. The van der Waals surface area contributed by atoms with E-state index in [0.29, 0.717) is 23.4 Å². The molecule has 9 aromatic carbocycles. The van der Waals surface area contributed by atoms with Gasteiger partial charge in [0.1, 0.15) is 0 Å². The third-order valence-corrected chi connectivity index (χ3v) is 14.2. The lowest BCUT2D eigenvalue weighted by Crippen LogP contribution is -2.25. The van der Waals surface area contributed by atoms with Gasteiger partial charge in [0.2, 0.25) is 0 Å². The van der Waals surface area contributed by atoms with Crippen molar-refractivity contribution >= 4 is 5.57 Å². The zero-order chi connectivity index (χ0) is 45.2. The lowest BCUT2D eigenvalue weighted by molar-refractivity contribution is 0.740. The molecule has 1 heterocycles. The van der Waals surface area contributed by atoms with Crippen molar-refractivity contribution in [1.82, 2.24) is 15.0 Å². The van der Waals surface area contributed by atoms with Gasteiger partial charge in [0, 0.05) is 16.7 Å². The third-order valence-electron chi connectivity index (χ3n) is 14.2. The molecule has 10 aromatic rings. The summed E-state index contributed by atoms with van der Waals surface area (Å²) in [7, 11) is 0. The Balaban J connectivity index is 1.07. The van der Waals surface area contributed by atoms with Crippen LogP contribution in [0.4, 0.5) is 0 Å². The molecule has 3 heteroatoms. The van der Waals surface area contributed by atoms with Crippen molar-refractivity contribution in [3.8, 4) is 89.8 Å². The van der Waals surface area contributed by atoms with Gasteiger partial charge in [-0.1, -0.05) is 201 Å². The average Bonchev–Trinajstić information content (AvgIpc) is 3.88. The highest BCUT2D eigenvalue weighted by atomic mass is 15.0. The van der Waals surface area contributed by atoms with Gasteiger partial charge in [-0.2, -0.15) is 0 Å². The molecule has 320 valence electrons. The predicted octanol–water partition coefficient (Wildman–Crippen LogP) is 16.2. The summed E-state index contributed by atoms with van der Waals surface area (Å²) in [6, 6.07) is 79.1. The van der Waals surface area contributed by atoms with Crippen LogP contribution in [0.1, 0.15) is 41.2 Å². The van der Waals surface area contributed by atoms with E-state index in [1.165, 1.54) is 50.1 Å². The summed E-state index contributed by atoms with van der Waals surface area (Å²) < 4.78 is 0. The molecule has 13 rings (SSSR count). The van der Waals surface area contributed by atoms with Crippen LogP contribution in [0.2, 0.25) is 0 Å². The molecule has 3 aliphatic rings. The normalized spacial score (nSPS) is 14.8. The molecule has 3 nitrogen and oxygen atoms in total. The zero-order valence-electron chi connectivity index (χ0n) is 37.6. The third kappa shape index (κ3) is 6.53. The standard InChI is InChI=1S/C65H45N3/c1-42-18-17-25-46(34-42)51-36-50(45-23-9-4-10-24-45)39-53(40-51)64-67-62(66-63(68-64)52-37-48(43-19-5-2-6-20-43)35-49(38-52)44-21-7-3-8-22-44)47-32-33-57-56-28-13-16-31-60(56)65(61(57)41-47)58-29-14-11-26-54(58)55-27-12-15-30-59(55)65/h2-17,19-42H,18H2,1H3. The summed E-state index contributed by atoms with van der Waals surface area (Å²) in [4.78, 5) is 16.5. The Bertz CT molecular complexity index is 3540. The fraction of sp³-hybridized carbons (Fsp3) is 0.0615. The van der Waals surface area contributed by atoms with Crippen LogP contribution >= 0.6 is 0 Å². The van der Waals surface area contributed by atoms with Crippen molar-refractivity contribution in [2.75, 3.05) is 0 Å². The van der Waals surface area contributed by atoms with Gasteiger partial charge in [-0.15, -0.1) is 0 Å². The maximum absolute atomic E-state index is 5.52. The molecule has 68 heavy (non-hydrogen) atoms. The Labute approximate surface area is 397 Å². The highest BCUT2D eigenvalue weighted by Crippen LogP contribution is 2.63. The summed E-state index contributed by atoms with van der Waals surface area (Å²) in [5.74, 6) is 2.31. The number of hydrogen-bond donors (Lipinski definition) is 0. The fourth-order valence-corrected chi connectivity index (χ4v) is 11.1. The lowest BCUT2D eigenvalue weighted by Gasteiger charge is -2.30. The van der Waals surface area contributed by atoms with Crippen LogP contribution in [0.25, 0.3) is 95.4 Å². The molecule has 0 fully saturated rings. The second-order valence-corrected chi connectivity index (χ2v) is 18.4. The van der Waals surface area contributed by atoms with Gasteiger partial charge >= 0.3 is 0 Å². The van der Waals surface area contributed by atoms with Crippen LogP contribution in [-0.4, -0.2) is 15.0 Å². The van der Waals surface area contributed by atoms with Gasteiger partial charge in [0.25, 0.3) is 0 Å². The van der Waals surface area contributed by atoms with Crippen LogP contribution in [0.3, 0.4) is 0 Å². The van der Waals surface area contributed by atoms with Crippen molar-refractivity contribution in [3.63, 3.8) is 0 Å². The molecule has 0 saturated heterocycles. The minimum absolute atomic E-state index is 0.443. The first-order valence-electron chi connectivity index (χ1n) is 23.6. The topological polar surface area (TPSA) is 38.7 Å². The molecule has 1 aromatic heterocycles. The highest BCUT2D eigenvalue weighted by Gasteiger charge is 2.51. The van der Waals surface area contributed by atoms with E-state index in [1.54, 1.807) is 0 Å². The summed E-state index contributed by atoms with van der Waals surface area (Å²) in [5, 5.41) is 0. The van der Waals surface area contributed by atoms with E-state index in [1.807, 2.05) is 0 Å². The first-order chi connectivity index (χ1) is 33.6. The van der Waals surface area contributed by atoms with Gasteiger partial charge in [-0.05, 0) is 144 Å². The summed E-state index contributed by atoms with van der Waals surface area (Å²) in [6.07, 6.45) is 7.97. The molecule has 3 aliphatic carbocycles. The fourth-order valence-electron chi connectivity index (χ4n) is 11.1. The van der Waals surface area contributed by atoms with E-state index in [-0.39, 0.29) is 0 Å².